The van der Waals surface area contributed by atoms with Gasteiger partial charge in [0, 0.05) is 11.6 Å². The topological polar surface area (TPSA) is 93.7 Å². The van der Waals surface area contributed by atoms with Crippen molar-refractivity contribution in [2.45, 2.75) is 0 Å². The van der Waals surface area contributed by atoms with Gasteiger partial charge in [-0.25, -0.2) is 13.2 Å². The van der Waals surface area contributed by atoms with Gasteiger partial charge in [0.2, 0.25) is 5.91 Å². The van der Waals surface area contributed by atoms with E-state index in [2.05, 4.69) is 5.32 Å². The van der Waals surface area contributed by atoms with E-state index in [-0.39, 0.29) is 17.1 Å². The highest BCUT2D eigenvalue weighted by molar-refractivity contribution is 6.10. The molecule has 0 radical (unpaired) electrons. The van der Waals surface area contributed by atoms with Crippen LogP contribution in [0.15, 0.2) is 60.7 Å². The van der Waals surface area contributed by atoms with Gasteiger partial charge in [-0.05, 0) is 24.3 Å². The van der Waals surface area contributed by atoms with E-state index in [9.17, 15) is 27.6 Å². The summed E-state index contributed by atoms with van der Waals surface area (Å²) in [7, 11) is 1.43. The van der Waals surface area contributed by atoms with Gasteiger partial charge < -0.3 is 20.1 Å². The third-order valence-electron chi connectivity index (χ3n) is 4.58. The van der Waals surface area contributed by atoms with E-state index < -0.39 is 48.1 Å². The number of methoxy groups -OCH3 is 1. The van der Waals surface area contributed by atoms with Gasteiger partial charge >= 0.3 is 0 Å². The molecule has 2 amide bonds. The van der Waals surface area contributed by atoms with Gasteiger partial charge in [-0.15, -0.1) is 0 Å². The van der Waals surface area contributed by atoms with Crippen molar-refractivity contribution in [3.8, 4) is 11.5 Å². The number of carbonyl (C=O) groups excluding carboxylic acids is 3. The van der Waals surface area contributed by atoms with Gasteiger partial charge in [0.15, 0.2) is 29.8 Å². The van der Waals surface area contributed by atoms with E-state index in [0.29, 0.717) is 17.4 Å². The number of amides is 2. The molecule has 0 aliphatic rings. The number of hydrogen-bond donors (Lipinski definition) is 2. The molecule has 0 saturated carbocycles. The fraction of sp³-hybridized carbons (Fsp3) is 0.125. The molecule has 2 N–H and O–H groups in total. The minimum absolute atomic E-state index is 0.0941. The lowest BCUT2D eigenvalue weighted by atomic mass is 10.0. The first kappa shape index (κ1) is 24.3. The number of halogens is 3. The van der Waals surface area contributed by atoms with Gasteiger partial charge in [-0.1, -0.05) is 30.3 Å². The number of rotatable bonds is 9. The van der Waals surface area contributed by atoms with Crippen LogP contribution in [-0.2, 0) is 9.59 Å². The van der Waals surface area contributed by atoms with Crippen molar-refractivity contribution in [1.82, 2.24) is 5.32 Å². The average Bonchev–Trinajstić information content (AvgIpc) is 2.86. The fourth-order valence-electron chi connectivity index (χ4n) is 2.87. The highest BCUT2D eigenvalue weighted by Gasteiger charge is 2.18. The minimum Gasteiger partial charge on any atom is -0.497 e. The molecule has 0 unspecified atom stereocenters. The molecule has 0 atom stereocenters. The minimum atomic E-state index is -1.73. The molecule has 34 heavy (non-hydrogen) atoms. The molecule has 176 valence electrons. The second kappa shape index (κ2) is 11.0. The second-order valence-electron chi connectivity index (χ2n) is 6.89. The number of benzene rings is 3. The molecular weight excluding hydrogens is 453 g/mol. The van der Waals surface area contributed by atoms with Crippen LogP contribution in [0.25, 0.3) is 0 Å². The van der Waals surface area contributed by atoms with Crippen LogP contribution in [-0.4, -0.2) is 37.9 Å². The molecule has 10 heteroatoms. The van der Waals surface area contributed by atoms with Crippen LogP contribution >= 0.6 is 0 Å². The number of anilines is 1. The number of ether oxygens (including phenoxy) is 2. The summed E-state index contributed by atoms with van der Waals surface area (Å²) in [5, 5.41) is 4.27. The summed E-state index contributed by atoms with van der Waals surface area (Å²) in [5.41, 5.74) is 0.0457. The maximum absolute atomic E-state index is 13.6. The maximum Gasteiger partial charge on any atom is 0.258 e. The summed E-state index contributed by atoms with van der Waals surface area (Å²) in [5.74, 6) is -6.12. The van der Waals surface area contributed by atoms with Crippen LogP contribution in [0.4, 0.5) is 18.9 Å². The number of ketones is 1. The molecule has 7 nitrogen and oxygen atoms in total. The van der Waals surface area contributed by atoms with E-state index in [1.54, 1.807) is 36.4 Å². The van der Waals surface area contributed by atoms with Crippen molar-refractivity contribution in [2.75, 3.05) is 25.6 Å². The van der Waals surface area contributed by atoms with E-state index in [0.717, 1.165) is 6.07 Å². The molecule has 0 bridgehead atoms. The van der Waals surface area contributed by atoms with Crippen LogP contribution in [0.5, 0.6) is 11.5 Å². The lowest BCUT2D eigenvalue weighted by molar-refractivity contribution is -0.125. The molecule has 0 saturated heterocycles. The highest BCUT2D eigenvalue weighted by Crippen LogP contribution is 2.27. The zero-order chi connectivity index (χ0) is 24.7. The first-order chi connectivity index (χ1) is 16.3. The Labute approximate surface area is 192 Å². The molecule has 0 aromatic heterocycles. The Morgan fingerprint density at radius 1 is 0.882 bits per heavy atom. The first-order valence-electron chi connectivity index (χ1n) is 9.90. The predicted octanol–water partition coefficient (Wildman–Crippen LogP) is 3.48. The van der Waals surface area contributed by atoms with Crippen LogP contribution < -0.4 is 20.1 Å². The van der Waals surface area contributed by atoms with E-state index in [4.69, 9.17) is 9.47 Å². The van der Waals surface area contributed by atoms with Crippen LogP contribution in [0, 0.1) is 17.5 Å². The Bertz CT molecular complexity index is 1220. The van der Waals surface area contributed by atoms with Crippen molar-refractivity contribution in [3.05, 3.63) is 89.2 Å². The molecular formula is C24H19F3N2O5. The van der Waals surface area contributed by atoms with E-state index in [1.807, 2.05) is 5.32 Å². The molecule has 0 heterocycles. The van der Waals surface area contributed by atoms with Crippen molar-refractivity contribution in [2.24, 2.45) is 0 Å². The van der Waals surface area contributed by atoms with Crippen LogP contribution in [0.1, 0.15) is 15.9 Å². The highest BCUT2D eigenvalue weighted by atomic mass is 19.2. The summed E-state index contributed by atoms with van der Waals surface area (Å²) >= 11 is 0. The molecule has 0 fully saturated rings. The van der Waals surface area contributed by atoms with Gasteiger partial charge in [-0.3, -0.25) is 14.4 Å². The molecule has 0 aliphatic heterocycles. The lowest BCUT2D eigenvalue weighted by Crippen LogP contribution is -2.36. The van der Waals surface area contributed by atoms with Crippen molar-refractivity contribution < 1.29 is 37.0 Å². The summed E-state index contributed by atoms with van der Waals surface area (Å²) in [6, 6.07) is 14.5. The normalized spacial score (nSPS) is 10.4. The largest absolute Gasteiger partial charge is 0.497 e. The Morgan fingerprint density at radius 2 is 1.62 bits per heavy atom. The number of hydrogen-bond acceptors (Lipinski definition) is 5. The Kier molecular flexibility index (Phi) is 7.86. The zero-order valence-corrected chi connectivity index (χ0v) is 17.9. The summed E-state index contributed by atoms with van der Waals surface area (Å²) in [4.78, 5) is 36.9. The van der Waals surface area contributed by atoms with Gasteiger partial charge in [0.1, 0.15) is 11.5 Å². The quantitative estimate of drug-likeness (QED) is 0.368. The standard InChI is InChI=1S/C24H19F3N2O5/c1-33-15-7-8-16(24(32)14-5-3-2-4-6-14)19(11-15)34-13-21(31)28-12-20(30)29-18-10-9-17(25)22(26)23(18)27/h2-11H,12-13H2,1H3,(H,28,31)(H,29,30). The molecule has 0 aliphatic carbocycles. The predicted molar refractivity (Wildman–Crippen MR) is 116 cm³/mol. The summed E-state index contributed by atoms with van der Waals surface area (Å²) < 4.78 is 50.5. The third kappa shape index (κ3) is 5.91. The average molecular weight is 472 g/mol. The lowest BCUT2D eigenvalue weighted by Gasteiger charge is -2.13. The van der Waals surface area contributed by atoms with Gasteiger partial charge in [0.05, 0.1) is 24.9 Å². The van der Waals surface area contributed by atoms with Gasteiger partial charge in [0.25, 0.3) is 5.91 Å². The summed E-state index contributed by atoms with van der Waals surface area (Å²) in [6.45, 7) is -1.14. The van der Waals surface area contributed by atoms with Gasteiger partial charge in [-0.2, -0.15) is 0 Å². The molecule has 3 aromatic carbocycles. The fourth-order valence-corrected chi connectivity index (χ4v) is 2.87. The maximum atomic E-state index is 13.6. The first-order valence-corrected chi connectivity index (χ1v) is 9.90. The Hall–Kier alpha value is -4.34. The van der Waals surface area contributed by atoms with E-state index >= 15 is 0 Å². The smallest absolute Gasteiger partial charge is 0.258 e. The number of nitrogens with one attached hydrogen (secondary N) is 2. The molecule has 0 spiro atoms. The van der Waals surface area contributed by atoms with Crippen LogP contribution in [0.2, 0.25) is 0 Å². The zero-order valence-electron chi connectivity index (χ0n) is 17.9. The second-order valence-corrected chi connectivity index (χ2v) is 6.89. The molecule has 3 rings (SSSR count). The monoisotopic (exact) mass is 472 g/mol. The Morgan fingerprint density at radius 3 is 2.32 bits per heavy atom. The number of carbonyl (C=O) groups is 3. The summed E-state index contributed by atoms with van der Waals surface area (Å²) in [6.07, 6.45) is 0. The van der Waals surface area contributed by atoms with Crippen LogP contribution in [0.3, 0.4) is 0 Å². The van der Waals surface area contributed by atoms with Crippen molar-refractivity contribution in [3.63, 3.8) is 0 Å². The Balaban J connectivity index is 1.60. The van der Waals surface area contributed by atoms with Crippen molar-refractivity contribution in [1.29, 1.82) is 0 Å². The SMILES string of the molecule is COc1ccc(C(=O)c2ccccc2)c(OCC(=O)NCC(=O)Nc2ccc(F)c(F)c2F)c1. The molecule has 3 aromatic rings. The van der Waals surface area contributed by atoms with Crippen molar-refractivity contribution >= 4 is 23.3 Å². The third-order valence-corrected chi connectivity index (χ3v) is 4.58. The van der Waals surface area contributed by atoms with E-state index in [1.165, 1.54) is 19.2 Å².